The maximum Gasteiger partial charge on any atom is 0.344 e. The van der Waals surface area contributed by atoms with E-state index in [1.54, 1.807) is 37.3 Å². The number of nitrogen functional groups attached to an aromatic ring is 1. The van der Waals surface area contributed by atoms with E-state index in [-0.39, 0.29) is 23.6 Å². The van der Waals surface area contributed by atoms with Gasteiger partial charge in [0.2, 0.25) is 0 Å². The fraction of sp³-hybridized carbons (Fsp3) is 0.125. The van der Waals surface area contributed by atoms with Gasteiger partial charge in [0, 0.05) is 4.90 Å². The predicted molar refractivity (Wildman–Crippen MR) is 93.1 cm³/mol. The van der Waals surface area contributed by atoms with Crippen LogP contribution in [0, 0.1) is 0 Å². The SMILES string of the molecule is CCOC(=O)c1cccc(OC(=O)c2ccccc2SS)c1N. The standard InChI is InChI=1S/C16H15NO4S2/c1-2-20-15(18)11-7-5-8-12(14(11)17)21-16(19)10-6-3-4-9-13(10)23-22/h3-9,22H,2,17H2,1H3. The molecular formula is C16H15NO4S2. The fourth-order valence-electron chi connectivity index (χ4n) is 1.89. The van der Waals surface area contributed by atoms with Crippen molar-refractivity contribution in [1.82, 2.24) is 0 Å². The maximum absolute atomic E-state index is 12.3. The van der Waals surface area contributed by atoms with Gasteiger partial charge < -0.3 is 15.2 Å². The van der Waals surface area contributed by atoms with Crippen LogP contribution >= 0.6 is 22.5 Å². The Morgan fingerprint density at radius 1 is 1.09 bits per heavy atom. The van der Waals surface area contributed by atoms with Crippen LogP contribution < -0.4 is 10.5 Å². The van der Waals surface area contributed by atoms with Crippen molar-refractivity contribution in [3.05, 3.63) is 53.6 Å². The first kappa shape index (κ1) is 17.2. The molecule has 7 heteroatoms. The van der Waals surface area contributed by atoms with E-state index in [0.717, 1.165) is 10.8 Å². The summed E-state index contributed by atoms with van der Waals surface area (Å²) >= 11 is 4.11. The first-order chi connectivity index (χ1) is 11.1. The Morgan fingerprint density at radius 3 is 2.48 bits per heavy atom. The van der Waals surface area contributed by atoms with E-state index < -0.39 is 11.9 Å². The van der Waals surface area contributed by atoms with Gasteiger partial charge in [0.25, 0.3) is 0 Å². The molecule has 0 spiro atoms. The zero-order valence-electron chi connectivity index (χ0n) is 12.3. The van der Waals surface area contributed by atoms with Crippen molar-refractivity contribution < 1.29 is 19.1 Å². The second-order valence-corrected chi connectivity index (χ2v) is 5.58. The number of carbonyl (C=O) groups excluding carboxylic acids is 2. The number of para-hydroxylation sites is 1. The Hall–Kier alpha value is -2.12. The van der Waals surface area contributed by atoms with Crippen LogP contribution in [-0.2, 0) is 4.74 Å². The second kappa shape index (κ2) is 7.94. The minimum atomic E-state index is -0.574. The molecule has 2 aromatic carbocycles. The second-order valence-electron chi connectivity index (χ2n) is 4.41. The van der Waals surface area contributed by atoms with Gasteiger partial charge in [-0.05, 0) is 31.2 Å². The Kier molecular flexibility index (Phi) is 5.95. The molecule has 0 aromatic heterocycles. The number of hydrogen-bond donors (Lipinski definition) is 2. The summed E-state index contributed by atoms with van der Waals surface area (Å²) in [5.74, 6) is -1.02. The van der Waals surface area contributed by atoms with Gasteiger partial charge in [0.1, 0.15) is 0 Å². The van der Waals surface area contributed by atoms with Gasteiger partial charge in [0.15, 0.2) is 5.75 Å². The Morgan fingerprint density at radius 2 is 1.78 bits per heavy atom. The lowest BCUT2D eigenvalue weighted by Crippen LogP contribution is -2.13. The van der Waals surface area contributed by atoms with Crippen LogP contribution in [0.4, 0.5) is 5.69 Å². The van der Waals surface area contributed by atoms with E-state index in [2.05, 4.69) is 11.7 Å². The summed E-state index contributed by atoms with van der Waals surface area (Å²) in [6, 6.07) is 11.5. The molecule has 5 nitrogen and oxygen atoms in total. The Labute approximate surface area is 143 Å². The third-order valence-electron chi connectivity index (χ3n) is 2.97. The van der Waals surface area contributed by atoms with E-state index in [4.69, 9.17) is 15.2 Å². The van der Waals surface area contributed by atoms with Gasteiger partial charge in [-0.15, -0.1) is 11.7 Å². The van der Waals surface area contributed by atoms with E-state index in [1.807, 2.05) is 0 Å². The molecule has 0 bridgehead atoms. The molecule has 23 heavy (non-hydrogen) atoms. The number of benzene rings is 2. The first-order valence-electron chi connectivity index (χ1n) is 6.76. The van der Waals surface area contributed by atoms with Crippen LogP contribution in [0.3, 0.4) is 0 Å². The van der Waals surface area contributed by atoms with E-state index in [9.17, 15) is 9.59 Å². The van der Waals surface area contributed by atoms with E-state index in [0.29, 0.717) is 10.5 Å². The topological polar surface area (TPSA) is 78.6 Å². The summed E-state index contributed by atoms with van der Waals surface area (Å²) in [4.78, 5) is 24.8. The molecule has 0 radical (unpaired) electrons. The van der Waals surface area contributed by atoms with Crippen LogP contribution in [0.5, 0.6) is 5.75 Å². The summed E-state index contributed by atoms with van der Waals surface area (Å²) in [5.41, 5.74) is 6.51. The van der Waals surface area contributed by atoms with E-state index >= 15 is 0 Å². The monoisotopic (exact) mass is 349 g/mol. The Balaban J connectivity index is 2.28. The number of thiol groups is 1. The fourth-order valence-corrected chi connectivity index (χ4v) is 2.76. The normalized spacial score (nSPS) is 10.2. The summed E-state index contributed by atoms with van der Waals surface area (Å²) < 4.78 is 10.2. The molecular weight excluding hydrogens is 334 g/mol. The molecule has 2 aromatic rings. The van der Waals surface area contributed by atoms with Gasteiger partial charge in [-0.1, -0.05) is 29.0 Å². The smallest absolute Gasteiger partial charge is 0.344 e. The van der Waals surface area contributed by atoms with Crippen LogP contribution in [0.25, 0.3) is 0 Å². The number of ether oxygens (including phenoxy) is 2. The van der Waals surface area contributed by atoms with Gasteiger partial charge in [-0.2, -0.15) is 0 Å². The molecule has 0 amide bonds. The van der Waals surface area contributed by atoms with Gasteiger partial charge >= 0.3 is 11.9 Å². The van der Waals surface area contributed by atoms with Crippen molar-refractivity contribution in [2.24, 2.45) is 0 Å². The van der Waals surface area contributed by atoms with Crippen molar-refractivity contribution in [2.45, 2.75) is 11.8 Å². The summed E-state index contributed by atoms with van der Waals surface area (Å²) in [6.45, 7) is 1.93. The third kappa shape index (κ3) is 4.00. The van der Waals surface area contributed by atoms with Crippen molar-refractivity contribution in [3.8, 4) is 5.75 Å². The van der Waals surface area contributed by atoms with Crippen LogP contribution in [0.15, 0.2) is 47.4 Å². The molecule has 0 fully saturated rings. The number of hydrogen-bond acceptors (Lipinski definition) is 7. The molecule has 0 unspecified atom stereocenters. The number of rotatable bonds is 5. The van der Waals surface area contributed by atoms with Crippen molar-refractivity contribution in [2.75, 3.05) is 12.3 Å². The molecule has 0 aliphatic rings. The highest BCUT2D eigenvalue weighted by Crippen LogP contribution is 2.29. The Bertz CT molecular complexity index is 734. The highest BCUT2D eigenvalue weighted by Gasteiger charge is 2.18. The van der Waals surface area contributed by atoms with Crippen LogP contribution in [-0.4, -0.2) is 18.5 Å². The molecule has 0 aliphatic heterocycles. The lowest BCUT2D eigenvalue weighted by atomic mass is 10.1. The molecule has 0 saturated heterocycles. The number of esters is 2. The first-order valence-corrected chi connectivity index (χ1v) is 8.63. The average molecular weight is 349 g/mol. The minimum Gasteiger partial charge on any atom is -0.462 e. The molecule has 120 valence electrons. The third-order valence-corrected chi connectivity index (χ3v) is 4.11. The molecule has 2 N–H and O–H groups in total. The van der Waals surface area contributed by atoms with Crippen molar-refractivity contribution in [3.63, 3.8) is 0 Å². The van der Waals surface area contributed by atoms with Crippen molar-refractivity contribution >= 4 is 40.1 Å². The van der Waals surface area contributed by atoms with Gasteiger partial charge in [-0.25, -0.2) is 9.59 Å². The van der Waals surface area contributed by atoms with Gasteiger partial charge in [-0.3, -0.25) is 0 Å². The minimum absolute atomic E-state index is 0.0651. The van der Waals surface area contributed by atoms with Crippen LogP contribution in [0.1, 0.15) is 27.6 Å². The lowest BCUT2D eigenvalue weighted by Gasteiger charge is -2.11. The van der Waals surface area contributed by atoms with Gasteiger partial charge in [0.05, 0.1) is 23.4 Å². The lowest BCUT2D eigenvalue weighted by molar-refractivity contribution is 0.0525. The largest absolute Gasteiger partial charge is 0.462 e. The molecule has 0 heterocycles. The van der Waals surface area contributed by atoms with E-state index in [1.165, 1.54) is 12.1 Å². The number of anilines is 1. The highest BCUT2D eigenvalue weighted by atomic mass is 33.1. The maximum atomic E-state index is 12.3. The number of carbonyl (C=O) groups is 2. The average Bonchev–Trinajstić information content (AvgIpc) is 2.56. The predicted octanol–water partition coefficient (Wildman–Crippen LogP) is 3.60. The summed E-state index contributed by atoms with van der Waals surface area (Å²) in [7, 11) is 1.14. The molecule has 0 saturated carbocycles. The molecule has 0 aliphatic carbocycles. The number of nitrogens with two attached hydrogens (primary N) is 1. The zero-order valence-corrected chi connectivity index (χ0v) is 14.0. The summed E-state index contributed by atoms with van der Waals surface area (Å²) in [6.07, 6.45) is 0. The highest BCUT2D eigenvalue weighted by molar-refractivity contribution is 8.68. The van der Waals surface area contributed by atoms with Crippen molar-refractivity contribution in [1.29, 1.82) is 0 Å². The van der Waals surface area contributed by atoms with Crippen LogP contribution in [0.2, 0.25) is 0 Å². The summed E-state index contributed by atoms with van der Waals surface area (Å²) in [5, 5.41) is 0. The molecule has 2 rings (SSSR count). The quantitative estimate of drug-likeness (QED) is 0.282. The zero-order chi connectivity index (χ0) is 16.8. The molecule has 0 atom stereocenters.